The van der Waals surface area contributed by atoms with Crippen molar-refractivity contribution >= 4 is 19.9 Å². The second-order valence-electron chi connectivity index (χ2n) is 10.3. The molecule has 3 aromatic carbocycles. The molecule has 1 unspecified atom stereocenters. The summed E-state index contributed by atoms with van der Waals surface area (Å²) in [5.41, 5.74) is 3.40. The third kappa shape index (κ3) is 5.69. The second-order valence-corrected chi connectivity index (χ2v) is 15.4. The van der Waals surface area contributed by atoms with Gasteiger partial charge in [-0.25, -0.2) is 4.39 Å². The molecule has 1 nitrogen and oxygen atoms in total. The first-order chi connectivity index (χ1) is 14.9. The van der Waals surface area contributed by atoms with Crippen molar-refractivity contribution in [1.29, 1.82) is 0 Å². The molecule has 3 aromatic rings. The SMILES string of the molecule is CC(CCc1ccc(Cl)cc1)(O[Si](C)(C)C(C)(C)C)c1ccc(-c2ccccc2F)cc1. The van der Waals surface area contributed by atoms with Crippen LogP contribution < -0.4 is 0 Å². The van der Waals surface area contributed by atoms with E-state index in [-0.39, 0.29) is 10.9 Å². The van der Waals surface area contributed by atoms with Crippen LogP contribution in [0, 0.1) is 5.82 Å². The highest BCUT2D eigenvalue weighted by Crippen LogP contribution is 2.43. The normalized spacial score (nSPS) is 14.2. The lowest BCUT2D eigenvalue weighted by Gasteiger charge is -2.44. The Bertz CT molecular complexity index is 1040. The standard InChI is InChI=1S/C28H34ClFOSi/c1-27(2,3)32(5,6)31-28(4,20-19-21-11-17-24(29)18-12-21)23-15-13-22(14-16-23)25-9-7-8-10-26(25)30/h7-18H,19-20H2,1-6H3. The van der Waals surface area contributed by atoms with Crippen LogP contribution in [0.3, 0.4) is 0 Å². The van der Waals surface area contributed by atoms with E-state index in [1.54, 1.807) is 6.07 Å². The van der Waals surface area contributed by atoms with Crippen LogP contribution in [0.4, 0.5) is 4.39 Å². The van der Waals surface area contributed by atoms with Gasteiger partial charge in [0.15, 0.2) is 8.32 Å². The number of halogens is 2. The lowest BCUT2D eigenvalue weighted by Crippen LogP contribution is -2.47. The van der Waals surface area contributed by atoms with Crippen LogP contribution in [-0.4, -0.2) is 8.32 Å². The van der Waals surface area contributed by atoms with E-state index < -0.39 is 13.9 Å². The average molecular weight is 469 g/mol. The largest absolute Gasteiger partial charge is 0.408 e. The summed E-state index contributed by atoms with van der Waals surface area (Å²) < 4.78 is 21.3. The quantitative estimate of drug-likeness (QED) is 0.314. The maximum atomic E-state index is 14.3. The summed E-state index contributed by atoms with van der Waals surface area (Å²) in [4.78, 5) is 0. The topological polar surface area (TPSA) is 9.23 Å². The predicted octanol–water partition coefficient (Wildman–Crippen LogP) is 9.02. The minimum Gasteiger partial charge on any atom is -0.408 e. The van der Waals surface area contributed by atoms with Gasteiger partial charge >= 0.3 is 0 Å². The Morgan fingerprint density at radius 1 is 0.844 bits per heavy atom. The zero-order chi connectivity index (χ0) is 23.6. The highest BCUT2D eigenvalue weighted by Gasteiger charge is 2.43. The summed E-state index contributed by atoms with van der Waals surface area (Å²) >= 11 is 6.07. The smallest absolute Gasteiger partial charge is 0.193 e. The summed E-state index contributed by atoms with van der Waals surface area (Å²) in [6, 6.07) is 23.1. The molecular formula is C28H34ClFOSi. The van der Waals surface area contributed by atoms with Crippen molar-refractivity contribution in [3.05, 3.63) is 94.8 Å². The van der Waals surface area contributed by atoms with Crippen molar-refractivity contribution in [3.63, 3.8) is 0 Å². The molecule has 0 amide bonds. The van der Waals surface area contributed by atoms with Gasteiger partial charge in [0.05, 0.1) is 5.60 Å². The molecule has 0 radical (unpaired) electrons. The minimum absolute atomic E-state index is 0.0988. The fraction of sp³-hybridized carbons (Fsp3) is 0.357. The van der Waals surface area contributed by atoms with E-state index in [2.05, 4.69) is 65.1 Å². The van der Waals surface area contributed by atoms with Crippen molar-refractivity contribution < 1.29 is 8.82 Å². The summed E-state index contributed by atoms with van der Waals surface area (Å²) in [7, 11) is -2.04. The zero-order valence-corrected chi connectivity index (χ0v) is 21.8. The predicted molar refractivity (Wildman–Crippen MR) is 137 cm³/mol. The fourth-order valence-electron chi connectivity index (χ4n) is 3.70. The van der Waals surface area contributed by atoms with Gasteiger partial charge in [-0.1, -0.05) is 87.0 Å². The van der Waals surface area contributed by atoms with Gasteiger partial charge in [-0.05, 0) is 72.8 Å². The first-order valence-corrected chi connectivity index (χ1v) is 14.5. The summed E-state index contributed by atoms with van der Waals surface area (Å²) in [5, 5.41) is 0.847. The third-order valence-corrected chi connectivity index (χ3v) is 11.6. The minimum atomic E-state index is -2.04. The van der Waals surface area contributed by atoms with Crippen LogP contribution in [0.1, 0.15) is 45.2 Å². The molecule has 0 saturated carbocycles. The Balaban J connectivity index is 1.93. The van der Waals surface area contributed by atoms with Gasteiger partial charge < -0.3 is 4.43 Å². The summed E-state index contributed by atoms with van der Waals surface area (Å²) in [6.45, 7) is 13.6. The molecule has 0 N–H and O–H groups in total. The van der Waals surface area contributed by atoms with Gasteiger partial charge in [0, 0.05) is 10.6 Å². The molecule has 0 aromatic heterocycles. The molecule has 0 aliphatic rings. The molecule has 1 atom stereocenters. The number of rotatable bonds is 7. The fourth-order valence-corrected chi connectivity index (χ4v) is 5.48. The van der Waals surface area contributed by atoms with Gasteiger partial charge in [0.2, 0.25) is 0 Å². The Kier molecular flexibility index (Phi) is 7.33. The first kappa shape index (κ1) is 24.7. The van der Waals surface area contributed by atoms with Crippen LogP contribution in [0.2, 0.25) is 23.2 Å². The van der Waals surface area contributed by atoms with Crippen molar-refractivity contribution in [2.24, 2.45) is 0 Å². The number of aryl methyl sites for hydroxylation is 1. The van der Waals surface area contributed by atoms with Crippen molar-refractivity contribution in [3.8, 4) is 11.1 Å². The number of hydrogen-bond donors (Lipinski definition) is 0. The molecule has 0 bridgehead atoms. The molecule has 3 rings (SSSR count). The van der Waals surface area contributed by atoms with Gasteiger partial charge in [-0.3, -0.25) is 0 Å². The number of hydrogen-bond acceptors (Lipinski definition) is 1. The number of benzene rings is 3. The van der Waals surface area contributed by atoms with E-state index in [0.29, 0.717) is 5.56 Å². The lowest BCUT2D eigenvalue weighted by atomic mass is 9.88. The van der Waals surface area contributed by atoms with E-state index in [1.807, 2.05) is 36.4 Å². The molecule has 0 fully saturated rings. The lowest BCUT2D eigenvalue weighted by molar-refractivity contribution is 0.0605. The molecule has 0 spiro atoms. The molecule has 0 aliphatic heterocycles. The third-order valence-electron chi connectivity index (χ3n) is 6.77. The summed E-state index contributed by atoms with van der Waals surface area (Å²) in [6.07, 6.45) is 1.73. The molecule has 170 valence electrons. The second kappa shape index (κ2) is 9.50. The van der Waals surface area contributed by atoms with E-state index in [0.717, 1.165) is 29.0 Å². The van der Waals surface area contributed by atoms with Crippen molar-refractivity contribution in [1.82, 2.24) is 0 Å². The molecule has 0 heterocycles. The Morgan fingerprint density at radius 3 is 2.00 bits per heavy atom. The van der Waals surface area contributed by atoms with Gasteiger partial charge in [-0.2, -0.15) is 0 Å². The van der Waals surface area contributed by atoms with Crippen LogP contribution in [-0.2, 0) is 16.4 Å². The summed E-state index contributed by atoms with van der Waals surface area (Å²) in [5.74, 6) is -0.205. The van der Waals surface area contributed by atoms with E-state index in [4.69, 9.17) is 16.0 Å². The highest BCUT2D eigenvalue weighted by atomic mass is 35.5. The maximum absolute atomic E-state index is 14.3. The highest BCUT2D eigenvalue weighted by molar-refractivity contribution is 6.74. The van der Waals surface area contributed by atoms with Gasteiger partial charge in [-0.15, -0.1) is 0 Å². The van der Waals surface area contributed by atoms with E-state index >= 15 is 0 Å². The molecule has 32 heavy (non-hydrogen) atoms. The van der Waals surface area contributed by atoms with Gasteiger partial charge in [0.25, 0.3) is 0 Å². The Hall–Kier alpha value is -1.94. The Labute approximate surface area is 198 Å². The van der Waals surface area contributed by atoms with E-state index in [9.17, 15) is 4.39 Å². The van der Waals surface area contributed by atoms with Crippen LogP contribution in [0.15, 0.2) is 72.8 Å². The van der Waals surface area contributed by atoms with Gasteiger partial charge in [0.1, 0.15) is 5.82 Å². The van der Waals surface area contributed by atoms with E-state index in [1.165, 1.54) is 11.6 Å². The Morgan fingerprint density at radius 2 is 1.44 bits per heavy atom. The average Bonchev–Trinajstić information content (AvgIpc) is 2.73. The molecule has 0 saturated heterocycles. The molecular weight excluding hydrogens is 435 g/mol. The zero-order valence-electron chi connectivity index (χ0n) is 20.0. The first-order valence-electron chi connectivity index (χ1n) is 11.2. The van der Waals surface area contributed by atoms with Crippen molar-refractivity contribution in [2.45, 2.75) is 64.3 Å². The van der Waals surface area contributed by atoms with Crippen LogP contribution in [0.25, 0.3) is 11.1 Å². The molecule has 0 aliphatic carbocycles. The van der Waals surface area contributed by atoms with Crippen LogP contribution >= 0.6 is 11.6 Å². The van der Waals surface area contributed by atoms with Crippen LogP contribution in [0.5, 0.6) is 0 Å². The molecule has 4 heteroatoms. The monoisotopic (exact) mass is 468 g/mol. The maximum Gasteiger partial charge on any atom is 0.193 e. The van der Waals surface area contributed by atoms with Crippen molar-refractivity contribution in [2.75, 3.05) is 0 Å².